The summed E-state index contributed by atoms with van der Waals surface area (Å²) < 4.78 is 32.8. The number of nitrogens with zero attached hydrogens (tertiary/aromatic N) is 2. The summed E-state index contributed by atoms with van der Waals surface area (Å²) in [5, 5.41) is 0.165. The van der Waals surface area contributed by atoms with Crippen LogP contribution in [-0.4, -0.2) is 82.9 Å². The molecule has 1 aromatic heterocycles. The van der Waals surface area contributed by atoms with Crippen LogP contribution in [0.5, 0.6) is 0 Å². The average Bonchev–Trinajstić information content (AvgIpc) is 3.45. The van der Waals surface area contributed by atoms with Gasteiger partial charge in [0.1, 0.15) is 24.2 Å². The molecule has 210 valence electrons. The van der Waals surface area contributed by atoms with Gasteiger partial charge in [0.05, 0.1) is 6.26 Å². The maximum Gasteiger partial charge on any atom is 0.303 e. The van der Waals surface area contributed by atoms with Gasteiger partial charge in [0.2, 0.25) is 0 Å². The standard InChI is InChI=1S/C25H28N2O11S/c1-6-9-27-23(32)18(11-17-8-7-10-33-17)26-25(27)39-24-22(37-16(5)31)21(36-15(4)30)20(35-14(3)29)19(38-24)12-34-13(2)28/h6-8,10-11,19-22,24H,1,9,12H2,2-5H3/b18-11-. The van der Waals surface area contributed by atoms with Gasteiger partial charge < -0.3 is 28.1 Å². The molecule has 1 amide bonds. The predicted octanol–water partition coefficient (Wildman–Crippen LogP) is 1.82. The molecular formula is C25H28N2O11S. The Morgan fingerprint density at radius 3 is 2.23 bits per heavy atom. The van der Waals surface area contributed by atoms with Crippen molar-refractivity contribution in [2.24, 2.45) is 4.99 Å². The second-order valence-electron chi connectivity index (χ2n) is 8.33. The average molecular weight is 565 g/mol. The summed E-state index contributed by atoms with van der Waals surface area (Å²) in [7, 11) is 0. The molecule has 0 radical (unpaired) electrons. The molecule has 0 aromatic carbocycles. The number of amides is 1. The molecular weight excluding hydrogens is 536 g/mol. The molecule has 13 nitrogen and oxygen atoms in total. The fraction of sp³-hybridized carbons (Fsp3) is 0.440. The Balaban J connectivity index is 2.03. The van der Waals surface area contributed by atoms with Crippen molar-refractivity contribution < 1.29 is 52.1 Å². The molecule has 0 N–H and O–H groups in total. The van der Waals surface area contributed by atoms with E-state index in [2.05, 4.69) is 11.6 Å². The lowest BCUT2D eigenvalue weighted by molar-refractivity contribution is -0.237. The van der Waals surface area contributed by atoms with Crippen molar-refractivity contribution in [3.63, 3.8) is 0 Å². The summed E-state index contributed by atoms with van der Waals surface area (Å²) in [6.07, 6.45) is -0.671. The van der Waals surface area contributed by atoms with E-state index >= 15 is 0 Å². The van der Waals surface area contributed by atoms with Crippen LogP contribution < -0.4 is 0 Å². The molecule has 3 heterocycles. The molecule has 1 aromatic rings. The summed E-state index contributed by atoms with van der Waals surface area (Å²) in [6, 6.07) is 3.31. The number of thioether (sulfide) groups is 1. The van der Waals surface area contributed by atoms with E-state index in [0.717, 1.165) is 32.5 Å². The maximum absolute atomic E-state index is 13.1. The third-order valence-corrected chi connectivity index (χ3v) is 6.35. The fourth-order valence-electron chi connectivity index (χ4n) is 3.81. The smallest absolute Gasteiger partial charge is 0.303 e. The number of amidine groups is 1. The van der Waals surface area contributed by atoms with E-state index in [4.69, 9.17) is 28.1 Å². The van der Waals surface area contributed by atoms with Crippen LogP contribution in [0.4, 0.5) is 0 Å². The summed E-state index contributed by atoms with van der Waals surface area (Å²) in [6.45, 7) is 7.98. The number of ether oxygens (including phenoxy) is 5. The Labute approximate surface area is 228 Å². The second kappa shape index (κ2) is 13.2. The Kier molecular flexibility index (Phi) is 10.1. The zero-order chi connectivity index (χ0) is 28.7. The SMILES string of the molecule is C=CCN1C(=O)/C(=C/c2ccco2)N=C1SC1OC(COC(C)=O)C(OC(C)=O)C(OC(C)=O)C1OC(C)=O. The van der Waals surface area contributed by atoms with Crippen molar-refractivity contribution in [2.75, 3.05) is 13.2 Å². The highest BCUT2D eigenvalue weighted by atomic mass is 32.2. The number of hydrogen-bond acceptors (Lipinski definition) is 13. The van der Waals surface area contributed by atoms with Gasteiger partial charge in [-0.2, -0.15) is 0 Å². The van der Waals surface area contributed by atoms with E-state index in [1.807, 2.05) is 0 Å². The molecule has 0 bridgehead atoms. The monoisotopic (exact) mass is 564 g/mol. The fourth-order valence-corrected chi connectivity index (χ4v) is 4.99. The van der Waals surface area contributed by atoms with Crippen LogP contribution in [-0.2, 0) is 47.7 Å². The first-order valence-corrected chi connectivity index (χ1v) is 12.6. The third kappa shape index (κ3) is 7.80. The number of furan rings is 1. The van der Waals surface area contributed by atoms with E-state index in [1.165, 1.54) is 30.2 Å². The van der Waals surface area contributed by atoms with Crippen molar-refractivity contribution in [3.05, 3.63) is 42.5 Å². The quantitative estimate of drug-likeness (QED) is 0.185. The van der Waals surface area contributed by atoms with Crippen LogP contribution in [0, 0.1) is 0 Å². The van der Waals surface area contributed by atoms with Crippen LogP contribution in [0.25, 0.3) is 6.08 Å². The van der Waals surface area contributed by atoms with E-state index in [9.17, 15) is 24.0 Å². The number of aliphatic imine (C=N–C) groups is 1. The largest absolute Gasteiger partial charge is 0.465 e. The Morgan fingerprint density at radius 1 is 1.03 bits per heavy atom. The van der Waals surface area contributed by atoms with Gasteiger partial charge in [0.15, 0.2) is 28.9 Å². The van der Waals surface area contributed by atoms with Crippen LogP contribution in [0.2, 0.25) is 0 Å². The van der Waals surface area contributed by atoms with Gasteiger partial charge in [-0.25, -0.2) is 4.99 Å². The Bertz CT molecular complexity index is 1180. The molecule has 2 aliphatic heterocycles. The minimum absolute atomic E-state index is 0.0694. The summed E-state index contributed by atoms with van der Waals surface area (Å²) in [4.78, 5) is 66.4. The molecule has 3 rings (SSSR count). The molecule has 1 saturated heterocycles. The van der Waals surface area contributed by atoms with Gasteiger partial charge in [0, 0.05) is 40.3 Å². The first-order chi connectivity index (χ1) is 18.5. The van der Waals surface area contributed by atoms with Gasteiger partial charge in [-0.3, -0.25) is 28.9 Å². The molecule has 0 aliphatic carbocycles. The predicted molar refractivity (Wildman–Crippen MR) is 136 cm³/mol. The lowest BCUT2D eigenvalue weighted by Crippen LogP contribution is -2.61. The van der Waals surface area contributed by atoms with Crippen LogP contribution >= 0.6 is 11.8 Å². The molecule has 1 fully saturated rings. The topological polar surface area (TPSA) is 160 Å². The highest BCUT2D eigenvalue weighted by Crippen LogP contribution is 2.37. The van der Waals surface area contributed by atoms with Crippen molar-refractivity contribution in [1.29, 1.82) is 0 Å². The highest BCUT2D eigenvalue weighted by Gasteiger charge is 2.53. The summed E-state index contributed by atoms with van der Waals surface area (Å²) in [5.74, 6) is -2.91. The summed E-state index contributed by atoms with van der Waals surface area (Å²) in [5.41, 5.74) is -1.08. The van der Waals surface area contributed by atoms with Crippen molar-refractivity contribution >= 4 is 52.8 Å². The second-order valence-corrected chi connectivity index (χ2v) is 9.39. The zero-order valence-corrected chi connectivity index (χ0v) is 22.5. The Hall–Kier alpha value is -3.91. The maximum atomic E-state index is 13.1. The number of esters is 4. The molecule has 14 heteroatoms. The molecule has 5 atom stereocenters. The molecule has 0 spiro atoms. The normalized spacial score (nSPS) is 25.6. The van der Waals surface area contributed by atoms with Gasteiger partial charge >= 0.3 is 23.9 Å². The van der Waals surface area contributed by atoms with E-state index < -0.39 is 59.6 Å². The first kappa shape index (κ1) is 29.6. The number of hydrogen-bond donors (Lipinski definition) is 0. The molecule has 2 aliphatic rings. The zero-order valence-electron chi connectivity index (χ0n) is 21.7. The minimum atomic E-state index is -1.34. The summed E-state index contributed by atoms with van der Waals surface area (Å²) >= 11 is 0.900. The third-order valence-electron chi connectivity index (χ3n) is 5.21. The van der Waals surface area contributed by atoms with Crippen molar-refractivity contribution in [1.82, 2.24) is 4.90 Å². The highest BCUT2D eigenvalue weighted by molar-refractivity contribution is 8.14. The van der Waals surface area contributed by atoms with Gasteiger partial charge in [-0.05, 0) is 12.1 Å². The number of rotatable bonds is 9. The molecule has 0 saturated carbocycles. The van der Waals surface area contributed by atoms with Crippen LogP contribution in [0.3, 0.4) is 0 Å². The van der Waals surface area contributed by atoms with Crippen molar-refractivity contribution in [3.8, 4) is 0 Å². The van der Waals surface area contributed by atoms with Crippen molar-refractivity contribution in [2.45, 2.75) is 57.5 Å². The number of carbonyl (C=O) groups is 5. The van der Waals surface area contributed by atoms with Crippen LogP contribution in [0.15, 0.2) is 46.2 Å². The van der Waals surface area contributed by atoms with Gasteiger partial charge in [-0.1, -0.05) is 17.8 Å². The molecule has 39 heavy (non-hydrogen) atoms. The minimum Gasteiger partial charge on any atom is -0.465 e. The molecule has 5 unspecified atom stereocenters. The Morgan fingerprint density at radius 2 is 1.67 bits per heavy atom. The van der Waals surface area contributed by atoms with Gasteiger partial charge in [-0.15, -0.1) is 6.58 Å². The number of carbonyl (C=O) groups excluding carboxylic acids is 5. The van der Waals surface area contributed by atoms with E-state index in [0.29, 0.717) is 5.76 Å². The van der Waals surface area contributed by atoms with Gasteiger partial charge in [0.25, 0.3) is 5.91 Å². The lowest BCUT2D eigenvalue weighted by Gasteiger charge is -2.44. The first-order valence-electron chi connectivity index (χ1n) is 11.7. The lowest BCUT2D eigenvalue weighted by atomic mass is 9.99. The van der Waals surface area contributed by atoms with Crippen LogP contribution in [0.1, 0.15) is 33.5 Å². The van der Waals surface area contributed by atoms with E-state index in [1.54, 1.807) is 12.1 Å². The van der Waals surface area contributed by atoms with E-state index in [-0.39, 0.29) is 24.0 Å².